The second-order valence-corrected chi connectivity index (χ2v) is 10.00. The number of carbonyl (C=O) groups is 1. The first-order chi connectivity index (χ1) is 15.7. The van der Waals surface area contributed by atoms with Gasteiger partial charge in [-0.15, -0.1) is 0 Å². The van der Waals surface area contributed by atoms with Crippen LogP contribution in [0.15, 0.2) is 71.6 Å². The number of aryl methyl sites for hydroxylation is 1. The van der Waals surface area contributed by atoms with E-state index >= 15 is 0 Å². The molecule has 0 heterocycles. The van der Waals surface area contributed by atoms with E-state index in [1.54, 1.807) is 37.3 Å². The minimum atomic E-state index is -4.07. The first-order valence-corrected chi connectivity index (χ1v) is 12.4. The molecule has 0 aliphatic carbocycles. The fraction of sp³-hybridized carbons (Fsp3) is 0.208. The highest BCUT2D eigenvalue weighted by Gasteiger charge is 2.28. The lowest BCUT2D eigenvalue weighted by Crippen LogP contribution is -2.47. The molecule has 0 unspecified atom stereocenters. The van der Waals surface area contributed by atoms with Crippen molar-refractivity contribution in [1.29, 1.82) is 0 Å². The predicted octanol–water partition coefficient (Wildman–Crippen LogP) is 4.52. The Hall–Kier alpha value is -2.58. The van der Waals surface area contributed by atoms with Gasteiger partial charge in [-0.1, -0.05) is 65.7 Å². The number of sulfonamides is 1. The molecule has 0 saturated heterocycles. The van der Waals surface area contributed by atoms with Crippen LogP contribution in [0.1, 0.15) is 16.7 Å². The number of nitrogens with one attached hydrogen (secondary N) is 2. The quantitative estimate of drug-likeness (QED) is 0.446. The zero-order valence-corrected chi connectivity index (χ0v) is 20.5. The molecule has 2 N–H and O–H groups in total. The highest BCUT2D eigenvalue weighted by molar-refractivity contribution is 7.89. The third kappa shape index (κ3) is 6.71. The maximum Gasteiger partial charge on any atom is 0.244 e. The molecule has 0 aliphatic heterocycles. The van der Waals surface area contributed by atoms with Gasteiger partial charge >= 0.3 is 0 Å². The third-order valence-corrected chi connectivity index (χ3v) is 7.05. The van der Waals surface area contributed by atoms with Gasteiger partial charge in [-0.2, -0.15) is 4.72 Å². The van der Waals surface area contributed by atoms with Crippen LogP contribution in [0.5, 0.6) is 5.75 Å². The lowest BCUT2D eigenvalue weighted by Gasteiger charge is -2.20. The molecule has 0 spiro atoms. The Labute approximate surface area is 203 Å². The minimum Gasteiger partial charge on any atom is -0.495 e. The summed E-state index contributed by atoms with van der Waals surface area (Å²) in [6.07, 6.45) is 0.161. The molecular formula is C24H24Cl2N2O4S. The van der Waals surface area contributed by atoms with E-state index in [4.69, 9.17) is 27.9 Å². The van der Waals surface area contributed by atoms with Crippen LogP contribution in [0, 0.1) is 6.92 Å². The number of methoxy groups -OCH3 is 1. The first-order valence-electron chi connectivity index (χ1n) is 10.1. The summed E-state index contributed by atoms with van der Waals surface area (Å²) in [5.74, 6) is -0.292. The number of hydrogen-bond acceptors (Lipinski definition) is 4. The summed E-state index contributed by atoms with van der Waals surface area (Å²) in [6.45, 7) is 1.90. The molecule has 1 atom stereocenters. The maximum absolute atomic E-state index is 13.2. The molecule has 1 amide bonds. The molecule has 0 fully saturated rings. The van der Waals surface area contributed by atoms with Crippen molar-refractivity contribution in [2.45, 2.75) is 30.8 Å². The summed E-state index contributed by atoms with van der Waals surface area (Å²) in [7, 11) is -2.67. The first kappa shape index (κ1) is 25.1. The van der Waals surface area contributed by atoms with E-state index in [2.05, 4.69) is 10.0 Å². The molecule has 33 heavy (non-hydrogen) atoms. The van der Waals surface area contributed by atoms with Crippen LogP contribution < -0.4 is 14.8 Å². The lowest BCUT2D eigenvalue weighted by molar-refractivity contribution is -0.122. The van der Waals surface area contributed by atoms with Crippen LogP contribution >= 0.6 is 23.2 Å². The Bertz CT molecular complexity index is 1230. The highest BCUT2D eigenvalue weighted by atomic mass is 35.5. The Balaban J connectivity index is 1.86. The van der Waals surface area contributed by atoms with Gasteiger partial charge in [0.1, 0.15) is 16.7 Å². The van der Waals surface area contributed by atoms with Gasteiger partial charge < -0.3 is 10.1 Å². The van der Waals surface area contributed by atoms with E-state index in [0.29, 0.717) is 15.6 Å². The van der Waals surface area contributed by atoms with Crippen molar-refractivity contribution in [2.24, 2.45) is 0 Å². The molecular weight excluding hydrogens is 483 g/mol. The third-order valence-electron chi connectivity index (χ3n) is 4.97. The molecule has 174 valence electrons. The van der Waals surface area contributed by atoms with E-state index in [-0.39, 0.29) is 23.6 Å². The lowest BCUT2D eigenvalue weighted by atomic mass is 10.1. The molecule has 0 bridgehead atoms. The van der Waals surface area contributed by atoms with E-state index in [1.165, 1.54) is 13.2 Å². The van der Waals surface area contributed by atoms with Gasteiger partial charge in [0, 0.05) is 16.6 Å². The standard InChI is InChI=1S/C24H24Cl2N2O4S/c1-16-8-11-22(32-2)23(12-16)33(30,31)28-21(13-17-6-4-3-5-7-17)24(29)27-15-18-9-10-19(25)14-20(18)26/h3-12,14,21,28H,13,15H2,1-2H3,(H,27,29)/t21-/m1/s1. The fourth-order valence-corrected chi connectivity index (χ4v) is 5.18. The van der Waals surface area contributed by atoms with Crippen molar-refractivity contribution in [1.82, 2.24) is 10.0 Å². The van der Waals surface area contributed by atoms with Crippen LogP contribution in [0.2, 0.25) is 10.0 Å². The Morgan fingerprint density at radius 1 is 1.03 bits per heavy atom. The second-order valence-electron chi connectivity index (χ2n) is 7.47. The molecule has 3 rings (SSSR count). The van der Waals surface area contributed by atoms with Gasteiger partial charge in [0.2, 0.25) is 15.9 Å². The van der Waals surface area contributed by atoms with Gasteiger partial charge in [-0.05, 0) is 54.3 Å². The second kappa shape index (κ2) is 11.0. The van der Waals surface area contributed by atoms with Gasteiger partial charge in [-0.3, -0.25) is 4.79 Å². The minimum absolute atomic E-state index is 0.0309. The van der Waals surface area contributed by atoms with Crippen molar-refractivity contribution in [3.8, 4) is 5.75 Å². The molecule has 6 nitrogen and oxygen atoms in total. The van der Waals surface area contributed by atoms with Gasteiger partial charge in [0.15, 0.2) is 0 Å². The monoisotopic (exact) mass is 506 g/mol. The largest absolute Gasteiger partial charge is 0.495 e. The Kier molecular flexibility index (Phi) is 8.37. The van der Waals surface area contributed by atoms with Crippen molar-refractivity contribution in [2.75, 3.05) is 7.11 Å². The van der Waals surface area contributed by atoms with Crippen LogP contribution in [0.4, 0.5) is 0 Å². The number of carbonyl (C=O) groups excluding carboxylic acids is 1. The SMILES string of the molecule is COc1ccc(C)cc1S(=O)(=O)N[C@H](Cc1ccccc1)C(=O)NCc1ccc(Cl)cc1Cl. The van der Waals surface area contributed by atoms with Crippen molar-refractivity contribution in [3.05, 3.63) is 93.5 Å². The van der Waals surface area contributed by atoms with E-state index in [9.17, 15) is 13.2 Å². The zero-order chi connectivity index (χ0) is 24.0. The highest BCUT2D eigenvalue weighted by Crippen LogP contribution is 2.25. The average Bonchev–Trinajstić information content (AvgIpc) is 2.78. The van der Waals surface area contributed by atoms with Crippen LogP contribution in [-0.2, 0) is 27.8 Å². The summed E-state index contributed by atoms with van der Waals surface area (Å²) in [5, 5.41) is 3.66. The Morgan fingerprint density at radius 3 is 2.42 bits per heavy atom. The van der Waals surface area contributed by atoms with Crippen molar-refractivity contribution in [3.63, 3.8) is 0 Å². The van der Waals surface area contributed by atoms with Crippen LogP contribution in [0.3, 0.4) is 0 Å². The number of ether oxygens (including phenoxy) is 1. The average molecular weight is 507 g/mol. The number of hydrogen-bond donors (Lipinski definition) is 2. The molecule has 0 aromatic heterocycles. The summed E-state index contributed by atoms with van der Waals surface area (Å²) in [4.78, 5) is 13.1. The maximum atomic E-state index is 13.2. The summed E-state index contributed by atoms with van der Waals surface area (Å²) in [5.41, 5.74) is 2.22. The van der Waals surface area contributed by atoms with E-state index in [0.717, 1.165) is 11.1 Å². The van der Waals surface area contributed by atoms with Crippen LogP contribution in [0.25, 0.3) is 0 Å². The summed E-state index contributed by atoms with van der Waals surface area (Å²) >= 11 is 12.1. The van der Waals surface area contributed by atoms with Gasteiger partial charge in [0.25, 0.3) is 0 Å². The van der Waals surface area contributed by atoms with Crippen LogP contribution in [-0.4, -0.2) is 27.5 Å². The summed E-state index contributed by atoms with van der Waals surface area (Å²) in [6, 6.07) is 17.9. The molecule has 0 radical (unpaired) electrons. The Morgan fingerprint density at radius 2 is 1.76 bits per heavy atom. The van der Waals surface area contributed by atoms with Gasteiger partial charge in [-0.25, -0.2) is 8.42 Å². The van der Waals surface area contributed by atoms with Gasteiger partial charge in [0.05, 0.1) is 7.11 Å². The number of halogens is 2. The predicted molar refractivity (Wildman–Crippen MR) is 130 cm³/mol. The molecule has 3 aromatic rings. The smallest absolute Gasteiger partial charge is 0.244 e. The molecule has 0 saturated carbocycles. The summed E-state index contributed by atoms with van der Waals surface area (Å²) < 4.78 is 34.2. The van der Waals surface area contributed by atoms with E-state index in [1.807, 2.05) is 30.3 Å². The molecule has 0 aliphatic rings. The van der Waals surface area contributed by atoms with Crippen molar-refractivity contribution < 1.29 is 17.9 Å². The zero-order valence-electron chi connectivity index (χ0n) is 18.1. The normalized spacial score (nSPS) is 12.2. The number of rotatable bonds is 9. The fourth-order valence-electron chi connectivity index (χ4n) is 3.25. The number of amides is 1. The van der Waals surface area contributed by atoms with Crippen molar-refractivity contribution >= 4 is 39.1 Å². The molecule has 3 aromatic carbocycles. The number of benzene rings is 3. The topological polar surface area (TPSA) is 84.5 Å². The molecule has 9 heteroatoms. The van der Waals surface area contributed by atoms with E-state index < -0.39 is 22.0 Å².